The van der Waals surface area contributed by atoms with E-state index in [-0.39, 0.29) is 10.8 Å². The van der Waals surface area contributed by atoms with E-state index in [1.807, 2.05) is 0 Å². The molecule has 22 heavy (non-hydrogen) atoms. The van der Waals surface area contributed by atoms with Crippen molar-refractivity contribution in [1.82, 2.24) is 0 Å². The average molecular weight is 351 g/mol. The van der Waals surface area contributed by atoms with Crippen LogP contribution in [-0.4, -0.2) is 4.21 Å². The zero-order valence-corrected chi connectivity index (χ0v) is 16.4. The van der Waals surface area contributed by atoms with Crippen LogP contribution in [0.15, 0.2) is 34.1 Å². The maximum atomic E-state index is 12.5. The Balaban J connectivity index is 2.44. The van der Waals surface area contributed by atoms with Crippen molar-refractivity contribution in [2.24, 2.45) is 0 Å². The number of rotatable bonds is 0. The van der Waals surface area contributed by atoms with E-state index < -0.39 is 8.86 Å². The molecule has 118 valence electrons. The summed E-state index contributed by atoms with van der Waals surface area (Å²) in [6.45, 7) is 13.4. The SMILES string of the molecule is CC(C)(C)c1ccc2ccc(C(C)(C)C)c3c2c1SS(=O)S3. The maximum absolute atomic E-state index is 12.5. The summed E-state index contributed by atoms with van der Waals surface area (Å²) >= 11 is 0. The van der Waals surface area contributed by atoms with Crippen molar-refractivity contribution in [2.45, 2.75) is 62.2 Å². The molecule has 2 aromatic carbocycles. The van der Waals surface area contributed by atoms with Crippen LogP contribution < -0.4 is 0 Å². The highest BCUT2D eigenvalue weighted by atomic mass is 33.5. The zero-order valence-electron chi connectivity index (χ0n) is 13.9. The second-order valence-corrected chi connectivity index (χ2v) is 12.9. The van der Waals surface area contributed by atoms with Crippen LogP contribution in [0, 0.1) is 0 Å². The first-order valence-electron chi connectivity index (χ1n) is 7.48. The van der Waals surface area contributed by atoms with Crippen molar-refractivity contribution in [2.75, 3.05) is 0 Å². The molecule has 0 unspecified atom stereocenters. The van der Waals surface area contributed by atoms with E-state index in [0.29, 0.717) is 0 Å². The fraction of sp³-hybridized carbons (Fsp3) is 0.444. The molecule has 1 aliphatic rings. The van der Waals surface area contributed by atoms with Gasteiger partial charge in [-0.2, -0.15) is 0 Å². The second kappa shape index (κ2) is 5.29. The Kier molecular flexibility index (Phi) is 3.94. The van der Waals surface area contributed by atoms with Gasteiger partial charge >= 0.3 is 0 Å². The van der Waals surface area contributed by atoms with Gasteiger partial charge in [0.25, 0.3) is 0 Å². The summed E-state index contributed by atoms with van der Waals surface area (Å²) in [5.41, 5.74) is 2.70. The van der Waals surface area contributed by atoms with E-state index in [4.69, 9.17) is 0 Å². The fourth-order valence-corrected chi connectivity index (χ4v) is 8.26. The first-order chi connectivity index (χ1) is 10.1. The summed E-state index contributed by atoms with van der Waals surface area (Å²) in [7, 11) is 2.06. The molecule has 0 N–H and O–H groups in total. The van der Waals surface area contributed by atoms with Crippen LogP contribution in [0.5, 0.6) is 0 Å². The van der Waals surface area contributed by atoms with Crippen molar-refractivity contribution in [1.29, 1.82) is 0 Å². The molecule has 1 nitrogen and oxygen atoms in total. The van der Waals surface area contributed by atoms with Gasteiger partial charge in [0.15, 0.2) is 8.86 Å². The molecule has 1 heterocycles. The van der Waals surface area contributed by atoms with Crippen molar-refractivity contribution in [3.05, 3.63) is 35.4 Å². The summed E-state index contributed by atoms with van der Waals surface area (Å²) < 4.78 is 12.5. The molecule has 0 spiro atoms. The molecule has 0 saturated heterocycles. The Morgan fingerprint density at radius 1 is 0.773 bits per heavy atom. The third-order valence-electron chi connectivity index (χ3n) is 4.01. The smallest absolute Gasteiger partial charge is 0.150 e. The van der Waals surface area contributed by atoms with E-state index in [1.54, 1.807) is 0 Å². The van der Waals surface area contributed by atoms with Gasteiger partial charge in [0.05, 0.1) is 0 Å². The molecule has 0 aliphatic carbocycles. The highest BCUT2D eigenvalue weighted by Crippen LogP contribution is 2.52. The van der Waals surface area contributed by atoms with Gasteiger partial charge in [-0.1, -0.05) is 65.8 Å². The third-order valence-corrected chi connectivity index (χ3v) is 8.50. The van der Waals surface area contributed by atoms with Crippen LogP contribution in [0.25, 0.3) is 10.8 Å². The van der Waals surface area contributed by atoms with Gasteiger partial charge < -0.3 is 0 Å². The molecule has 0 radical (unpaired) electrons. The lowest BCUT2D eigenvalue weighted by Crippen LogP contribution is -2.16. The largest absolute Gasteiger partial charge is 0.235 e. The monoisotopic (exact) mass is 350 g/mol. The van der Waals surface area contributed by atoms with E-state index in [0.717, 1.165) is 0 Å². The Morgan fingerprint density at radius 3 is 1.55 bits per heavy atom. The van der Waals surface area contributed by atoms with Crippen LogP contribution in [0.1, 0.15) is 52.7 Å². The summed E-state index contributed by atoms with van der Waals surface area (Å²) in [4.78, 5) is 2.42. The van der Waals surface area contributed by atoms with Crippen LogP contribution in [0.4, 0.5) is 0 Å². The Hall–Kier alpha value is -0.450. The second-order valence-electron chi connectivity index (χ2n) is 7.85. The minimum atomic E-state index is -0.965. The number of hydrogen-bond acceptors (Lipinski definition) is 3. The van der Waals surface area contributed by atoms with Crippen molar-refractivity contribution < 1.29 is 4.21 Å². The van der Waals surface area contributed by atoms with Crippen LogP contribution in [0.3, 0.4) is 0 Å². The van der Waals surface area contributed by atoms with E-state index >= 15 is 0 Å². The molecule has 0 amide bonds. The lowest BCUT2D eigenvalue weighted by Gasteiger charge is -2.29. The van der Waals surface area contributed by atoms with E-state index in [2.05, 4.69) is 65.8 Å². The molecule has 4 heteroatoms. The van der Waals surface area contributed by atoms with Crippen molar-refractivity contribution in [3.8, 4) is 0 Å². The normalized spacial score (nSPS) is 16.3. The standard InChI is InChI=1S/C18H22OS3/c1-17(2,3)12-9-7-11-8-10-13(18(4,5)6)16-14(11)15(12)20-22(19)21-16/h7-10H,1-6H3. The molecule has 0 atom stereocenters. The summed E-state index contributed by atoms with van der Waals surface area (Å²) in [6.07, 6.45) is 0. The maximum Gasteiger partial charge on any atom is 0.150 e. The highest BCUT2D eigenvalue weighted by Gasteiger charge is 2.30. The lowest BCUT2D eigenvalue weighted by atomic mass is 9.83. The van der Waals surface area contributed by atoms with Gasteiger partial charge in [0, 0.05) is 15.2 Å². The zero-order chi connectivity index (χ0) is 16.3. The van der Waals surface area contributed by atoms with Gasteiger partial charge in [0.2, 0.25) is 0 Å². The summed E-state index contributed by atoms with van der Waals surface area (Å²) in [5, 5.41) is 2.55. The summed E-state index contributed by atoms with van der Waals surface area (Å²) in [5.74, 6) is 0. The molecule has 0 aromatic heterocycles. The first kappa shape index (κ1) is 16.4. The van der Waals surface area contributed by atoms with Gasteiger partial charge in [0.1, 0.15) is 0 Å². The predicted octanol–water partition coefficient (Wildman–Crippen LogP) is 6.21. The van der Waals surface area contributed by atoms with Gasteiger partial charge in [-0.3, -0.25) is 0 Å². The van der Waals surface area contributed by atoms with E-state index in [9.17, 15) is 4.21 Å². The number of hydrogen-bond donors (Lipinski definition) is 0. The first-order valence-corrected chi connectivity index (χ1v) is 11.3. The Labute approximate surface area is 142 Å². The fourth-order valence-electron chi connectivity index (χ4n) is 2.86. The van der Waals surface area contributed by atoms with E-state index in [1.165, 1.54) is 53.3 Å². The highest BCUT2D eigenvalue weighted by molar-refractivity contribution is 9.02. The molecular formula is C18H22OS3. The Bertz CT molecular complexity index is 719. The van der Waals surface area contributed by atoms with Crippen LogP contribution >= 0.6 is 21.6 Å². The molecule has 0 fully saturated rings. The Morgan fingerprint density at radius 2 is 1.18 bits per heavy atom. The number of benzene rings is 2. The third kappa shape index (κ3) is 2.74. The van der Waals surface area contributed by atoms with Gasteiger partial charge in [-0.05, 0) is 48.9 Å². The summed E-state index contributed by atoms with van der Waals surface area (Å²) in [6, 6.07) is 8.84. The minimum Gasteiger partial charge on any atom is -0.235 e. The molecular weight excluding hydrogens is 328 g/mol. The molecule has 1 aliphatic heterocycles. The van der Waals surface area contributed by atoms with Crippen LogP contribution in [-0.2, 0) is 19.7 Å². The minimum absolute atomic E-state index is 0.0533. The topological polar surface area (TPSA) is 17.1 Å². The van der Waals surface area contributed by atoms with Crippen molar-refractivity contribution in [3.63, 3.8) is 0 Å². The van der Waals surface area contributed by atoms with Gasteiger partial charge in [-0.15, -0.1) is 0 Å². The van der Waals surface area contributed by atoms with Crippen LogP contribution in [0.2, 0.25) is 0 Å². The predicted molar refractivity (Wildman–Crippen MR) is 101 cm³/mol. The molecule has 0 bridgehead atoms. The molecule has 3 rings (SSSR count). The van der Waals surface area contributed by atoms with Crippen molar-refractivity contribution >= 4 is 41.2 Å². The quantitative estimate of drug-likeness (QED) is 0.526. The molecule has 0 saturated carbocycles. The average Bonchev–Trinajstić information content (AvgIpc) is 2.35. The van der Waals surface area contributed by atoms with Gasteiger partial charge in [-0.25, -0.2) is 4.21 Å². The lowest BCUT2D eigenvalue weighted by molar-refractivity contribution is 0.575. The molecule has 2 aromatic rings.